The largest absolute Gasteiger partial charge is 0.366 e. The zero-order valence-corrected chi connectivity index (χ0v) is 15.0. The maximum atomic E-state index is 12.8. The molecule has 2 atom stereocenters. The lowest BCUT2D eigenvalue weighted by Crippen LogP contribution is -2.58. The molecule has 3 rings (SSSR count). The van der Waals surface area contributed by atoms with Crippen LogP contribution in [0.4, 0.5) is 6.01 Å². The summed E-state index contributed by atoms with van der Waals surface area (Å²) in [4.78, 5) is 30.8. The maximum absolute atomic E-state index is 12.8. The first-order valence-electron chi connectivity index (χ1n) is 8.55. The summed E-state index contributed by atoms with van der Waals surface area (Å²) >= 11 is 0. The molecule has 138 valence electrons. The van der Waals surface area contributed by atoms with E-state index in [-0.39, 0.29) is 24.4 Å². The van der Waals surface area contributed by atoms with Gasteiger partial charge in [-0.2, -0.15) is 4.98 Å². The fourth-order valence-electron chi connectivity index (χ4n) is 2.81. The number of hydrogen-bond donors (Lipinski definition) is 1. The highest BCUT2D eigenvalue weighted by Gasteiger charge is 2.39. The quantitative estimate of drug-likeness (QED) is 0.877. The fourth-order valence-corrected chi connectivity index (χ4v) is 2.81. The molecule has 0 radical (unpaired) electrons. The van der Waals surface area contributed by atoms with Crippen molar-refractivity contribution in [3.8, 4) is 0 Å². The van der Waals surface area contributed by atoms with Crippen LogP contribution >= 0.6 is 0 Å². The van der Waals surface area contributed by atoms with Gasteiger partial charge in [0.25, 0.3) is 5.91 Å². The number of amides is 2. The molecule has 1 saturated heterocycles. The van der Waals surface area contributed by atoms with Crippen LogP contribution < -0.4 is 5.32 Å². The number of carbonyl (C=O) groups excluding carboxylic acids is 2. The van der Waals surface area contributed by atoms with Gasteiger partial charge in [-0.1, -0.05) is 49.3 Å². The molecule has 26 heavy (non-hydrogen) atoms. The van der Waals surface area contributed by atoms with Crippen molar-refractivity contribution in [1.29, 1.82) is 0 Å². The summed E-state index contributed by atoms with van der Waals surface area (Å²) in [6.07, 6.45) is -0.455. The Hall–Kier alpha value is -2.74. The fraction of sp³-hybridized carbons (Fsp3) is 0.444. The monoisotopic (exact) mass is 358 g/mol. The zero-order chi connectivity index (χ0) is 18.7. The number of ether oxygens (including phenoxy) is 1. The van der Waals surface area contributed by atoms with Crippen LogP contribution in [0.3, 0.4) is 0 Å². The van der Waals surface area contributed by atoms with E-state index in [1.807, 2.05) is 44.2 Å². The zero-order valence-electron chi connectivity index (χ0n) is 15.0. The Bertz CT molecular complexity index is 775. The lowest BCUT2D eigenvalue weighted by Gasteiger charge is -2.38. The third kappa shape index (κ3) is 3.91. The second kappa shape index (κ2) is 7.65. The molecule has 2 heterocycles. The van der Waals surface area contributed by atoms with E-state index in [1.165, 1.54) is 4.90 Å². The Morgan fingerprint density at radius 3 is 2.73 bits per heavy atom. The number of morpholine rings is 1. The average Bonchev–Trinajstić information content (AvgIpc) is 3.08. The van der Waals surface area contributed by atoms with Gasteiger partial charge in [0.15, 0.2) is 5.82 Å². The van der Waals surface area contributed by atoms with Crippen LogP contribution in [-0.2, 0) is 20.9 Å². The molecule has 0 spiro atoms. The van der Waals surface area contributed by atoms with Gasteiger partial charge in [-0.15, -0.1) is 0 Å². The number of rotatable bonds is 5. The van der Waals surface area contributed by atoms with Crippen LogP contribution in [0.2, 0.25) is 0 Å². The molecule has 8 nitrogen and oxygen atoms in total. The van der Waals surface area contributed by atoms with Crippen LogP contribution in [0.25, 0.3) is 0 Å². The molecule has 0 bridgehead atoms. The highest BCUT2D eigenvalue weighted by Crippen LogP contribution is 2.20. The molecule has 0 saturated carbocycles. The van der Waals surface area contributed by atoms with Crippen molar-refractivity contribution in [2.45, 2.75) is 45.4 Å². The number of hydrogen-bond acceptors (Lipinski definition) is 6. The van der Waals surface area contributed by atoms with E-state index in [1.54, 1.807) is 6.92 Å². The molecule has 1 aliphatic heterocycles. The van der Waals surface area contributed by atoms with Gasteiger partial charge in [0.05, 0.1) is 6.10 Å². The number of carbonyl (C=O) groups is 2. The second-order valence-electron chi connectivity index (χ2n) is 6.57. The Morgan fingerprint density at radius 1 is 1.35 bits per heavy atom. The molecule has 2 aromatic rings. The molecule has 1 aliphatic rings. The molecular formula is C18H22N4O4. The third-order valence-corrected chi connectivity index (χ3v) is 4.22. The third-order valence-electron chi connectivity index (χ3n) is 4.22. The minimum atomic E-state index is -0.786. The van der Waals surface area contributed by atoms with Crippen molar-refractivity contribution >= 4 is 17.8 Å². The van der Waals surface area contributed by atoms with Crippen LogP contribution in [0.1, 0.15) is 38.1 Å². The summed E-state index contributed by atoms with van der Waals surface area (Å²) < 4.78 is 10.5. The van der Waals surface area contributed by atoms with Gasteiger partial charge in [0.2, 0.25) is 5.91 Å². The van der Waals surface area contributed by atoms with Gasteiger partial charge < -0.3 is 14.2 Å². The number of aromatic nitrogens is 2. The minimum Gasteiger partial charge on any atom is -0.366 e. The van der Waals surface area contributed by atoms with Crippen LogP contribution in [0.15, 0.2) is 34.9 Å². The summed E-state index contributed by atoms with van der Waals surface area (Å²) in [6.45, 7) is 5.89. The maximum Gasteiger partial charge on any atom is 0.328 e. The Kier molecular flexibility index (Phi) is 5.32. The summed E-state index contributed by atoms with van der Waals surface area (Å²) in [5.41, 5.74) is 0.938. The molecule has 1 N–H and O–H groups in total. The van der Waals surface area contributed by atoms with Crippen molar-refractivity contribution < 1.29 is 18.8 Å². The Morgan fingerprint density at radius 2 is 2.08 bits per heavy atom. The van der Waals surface area contributed by atoms with Gasteiger partial charge in [-0.05, 0) is 12.5 Å². The van der Waals surface area contributed by atoms with Gasteiger partial charge in [0, 0.05) is 12.5 Å². The van der Waals surface area contributed by atoms with Crippen molar-refractivity contribution in [3.05, 3.63) is 41.7 Å². The first-order chi connectivity index (χ1) is 12.5. The molecule has 0 aliphatic carbocycles. The molecule has 8 heteroatoms. The highest BCUT2D eigenvalue weighted by atomic mass is 16.5. The number of anilines is 1. The summed E-state index contributed by atoms with van der Waals surface area (Å²) in [7, 11) is 0. The summed E-state index contributed by atoms with van der Waals surface area (Å²) in [5, 5.41) is 6.42. The van der Waals surface area contributed by atoms with Crippen LogP contribution in [-0.4, -0.2) is 45.6 Å². The number of benzene rings is 1. The van der Waals surface area contributed by atoms with Gasteiger partial charge >= 0.3 is 6.01 Å². The van der Waals surface area contributed by atoms with E-state index in [0.717, 1.165) is 5.56 Å². The van der Waals surface area contributed by atoms with E-state index in [9.17, 15) is 9.59 Å². The van der Waals surface area contributed by atoms with Crippen molar-refractivity contribution in [2.24, 2.45) is 0 Å². The average molecular weight is 358 g/mol. The van der Waals surface area contributed by atoms with E-state index in [4.69, 9.17) is 9.26 Å². The Labute approximate surface area is 151 Å². The molecule has 0 unspecified atom stereocenters. The topological polar surface area (TPSA) is 97.6 Å². The van der Waals surface area contributed by atoms with Gasteiger partial charge in [0.1, 0.15) is 12.6 Å². The van der Waals surface area contributed by atoms with Crippen LogP contribution in [0.5, 0.6) is 0 Å². The Balaban J connectivity index is 1.78. The summed E-state index contributed by atoms with van der Waals surface area (Å²) in [6, 6.07) is 8.74. The second-order valence-corrected chi connectivity index (χ2v) is 6.57. The van der Waals surface area contributed by atoms with Crippen molar-refractivity contribution in [1.82, 2.24) is 15.0 Å². The van der Waals surface area contributed by atoms with E-state index >= 15 is 0 Å². The SMILES string of the molecule is CC(C)c1noc(NC(=O)[C@@H]2[C@@H](C)OCC(=O)N2Cc2ccccc2)n1. The molecule has 2 amide bonds. The normalized spacial score (nSPS) is 20.5. The first kappa shape index (κ1) is 18.1. The minimum absolute atomic E-state index is 0.0172. The standard InChI is InChI=1S/C18H22N4O4/c1-11(2)16-19-18(26-21-16)20-17(24)15-12(3)25-10-14(23)22(15)9-13-7-5-4-6-8-13/h4-8,11-12,15H,9-10H2,1-3H3,(H,19,20,21,24)/t12-,15+/m1/s1. The van der Waals surface area contributed by atoms with E-state index < -0.39 is 18.1 Å². The number of nitrogens with one attached hydrogen (secondary N) is 1. The van der Waals surface area contributed by atoms with Crippen molar-refractivity contribution in [3.63, 3.8) is 0 Å². The van der Waals surface area contributed by atoms with Gasteiger partial charge in [-0.25, -0.2) is 0 Å². The first-order valence-corrected chi connectivity index (χ1v) is 8.55. The molecular weight excluding hydrogens is 336 g/mol. The highest BCUT2D eigenvalue weighted by molar-refractivity contribution is 5.97. The van der Waals surface area contributed by atoms with Crippen molar-refractivity contribution in [2.75, 3.05) is 11.9 Å². The van der Waals surface area contributed by atoms with E-state index in [2.05, 4.69) is 15.5 Å². The van der Waals surface area contributed by atoms with Crippen LogP contribution in [0, 0.1) is 0 Å². The number of nitrogens with zero attached hydrogens (tertiary/aromatic N) is 3. The molecule has 1 aromatic carbocycles. The smallest absolute Gasteiger partial charge is 0.328 e. The molecule has 1 aromatic heterocycles. The lowest BCUT2D eigenvalue weighted by atomic mass is 10.1. The lowest BCUT2D eigenvalue weighted by molar-refractivity contribution is -0.161. The predicted molar refractivity (Wildman–Crippen MR) is 93.2 cm³/mol. The van der Waals surface area contributed by atoms with Gasteiger partial charge in [-0.3, -0.25) is 14.9 Å². The van der Waals surface area contributed by atoms with E-state index in [0.29, 0.717) is 12.4 Å². The summed E-state index contributed by atoms with van der Waals surface area (Å²) in [5.74, 6) is -0.0658. The predicted octanol–water partition coefficient (Wildman–Crippen LogP) is 1.95. The molecule has 1 fully saturated rings.